The van der Waals surface area contributed by atoms with Gasteiger partial charge in [0.15, 0.2) is 0 Å². The van der Waals surface area contributed by atoms with Crippen LogP contribution in [0.2, 0.25) is 0 Å². The fourth-order valence-electron chi connectivity index (χ4n) is 2.98. The number of rotatable bonds is 8. The monoisotopic (exact) mass is 292 g/mol. The smallest absolute Gasteiger partial charge is 0.246 e. The van der Waals surface area contributed by atoms with Crippen LogP contribution in [0.25, 0.3) is 0 Å². The van der Waals surface area contributed by atoms with Gasteiger partial charge in [0, 0.05) is 13.1 Å². The molecule has 0 saturated heterocycles. The van der Waals surface area contributed by atoms with Gasteiger partial charge < -0.3 is 10.2 Å². The van der Waals surface area contributed by atoms with Crippen molar-refractivity contribution < 1.29 is 9.59 Å². The molecule has 4 nitrogen and oxygen atoms in total. The Bertz CT molecular complexity index is 399. The van der Waals surface area contributed by atoms with Crippen molar-refractivity contribution in [3.05, 3.63) is 12.7 Å². The van der Waals surface area contributed by atoms with E-state index in [2.05, 4.69) is 25.7 Å². The Balaban J connectivity index is 2.01. The molecule has 2 amide bonds. The quantitative estimate of drug-likeness (QED) is 0.698. The predicted molar refractivity (Wildman–Crippen MR) is 83.6 cm³/mol. The lowest BCUT2D eigenvalue weighted by Gasteiger charge is -2.30. The molecule has 0 bridgehead atoms. The van der Waals surface area contributed by atoms with Gasteiger partial charge >= 0.3 is 0 Å². The van der Waals surface area contributed by atoms with Crippen molar-refractivity contribution in [2.24, 2.45) is 17.8 Å². The molecule has 0 aromatic carbocycles. The maximum absolute atomic E-state index is 12.7. The zero-order valence-electron chi connectivity index (χ0n) is 13.5. The zero-order chi connectivity index (χ0) is 15.6. The molecular formula is C17H28N2O2. The summed E-state index contributed by atoms with van der Waals surface area (Å²) in [7, 11) is 1.69. The van der Waals surface area contributed by atoms with Gasteiger partial charge in [-0.2, -0.15) is 0 Å². The van der Waals surface area contributed by atoms with E-state index in [-0.39, 0.29) is 11.8 Å². The van der Waals surface area contributed by atoms with Crippen molar-refractivity contribution in [1.82, 2.24) is 10.2 Å². The van der Waals surface area contributed by atoms with E-state index in [1.807, 2.05) is 0 Å². The number of amides is 2. The first-order valence-electron chi connectivity index (χ1n) is 8.13. The van der Waals surface area contributed by atoms with Crippen LogP contribution in [0.15, 0.2) is 12.7 Å². The van der Waals surface area contributed by atoms with Gasteiger partial charge in [-0.25, -0.2) is 0 Å². The van der Waals surface area contributed by atoms with Crippen LogP contribution in [0.5, 0.6) is 0 Å². The largest absolute Gasteiger partial charge is 0.351 e. The van der Waals surface area contributed by atoms with E-state index in [1.54, 1.807) is 7.05 Å². The van der Waals surface area contributed by atoms with Crippen molar-refractivity contribution in [2.75, 3.05) is 7.05 Å². The molecule has 2 rings (SSSR count). The Labute approximate surface area is 128 Å². The molecule has 0 aliphatic heterocycles. The molecule has 2 aliphatic carbocycles. The first-order chi connectivity index (χ1) is 9.93. The minimum Gasteiger partial charge on any atom is -0.351 e. The van der Waals surface area contributed by atoms with Crippen LogP contribution in [-0.2, 0) is 9.59 Å². The Hall–Kier alpha value is -1.32. The Morgan fingerprint density at radius 1 is 1.24 bits per heavy atom. The van der Waals surface area contributed by atoms with Crippen LogP contribution in [0.3, 0.4) is 0 Å². The fraction of sp³-hybridized carbons (Fsp3) is 0.765. The molecular weight excluding hydrogens is 264 g/mol. The molecule has 118 valence electrons. The third kappa shape index (κ3) is 4.32. The summed E-state index contributed by atoms with van der Waals surface area (Å²) in [5.41, 5.74) is 0. The Kier molecular flexibility index (Phi) is 5.07. The third-order valence-corrected chi connectivity index (χ3v) is 4.56. The summed E-state index contributed by atoms with van der Waals surface area (Å²) in [6.45, 7) is 7.67. The van der Waals surface area contributed by atoms with E-state index < -0.39 is 6.04 Å². The topological polar surface area (TPSA) is 49.4 Å². The standard InChI is InChI=1S/C17H28N2O2/c1-5-15(20)19(4)14(10-11(2)3)17(21)18-16(12-6-7-12)13-8-9-13/h5,11-14,16H,1,6-10H2,2-4H3,(H,18,21)/t14-/m0/s1. The molecule has 2 saturated carbocycles. The maximum atomic E-state index is 12.7. The first kappa shape index (κ1) is 16.1. The van der Waals surface area contributed by atoms with Crippen molar-refractivity contribution in [2.45, 2.75) is 58.0 Å². The van der Waals surface area contributed by atoms with Crippen LogP contribution >= 0.6 is 0 Å². The number of nitrogens with one attached hydrogen (secondary N) is 1. The number of hydrogen-bond acceptors (Lipinski definition) is 2. The van der Waals surface area contributed by atoms with Gasteiger partial charge in [-0.05, 0) is 55.9 Å². The van der Waals surface area contributed by atoms with Gasteiger partial charge in [0.2, 0.25) is 11.8 Å². The highest BCUT2D eigenvalue weighted by Gasteiger charge is 2.43. The zero-order valence-corrected chi connectivity index (χ0v) is 13.5. The lowest BCUT2D eigenvalue weighted by Crippen LogP contribution is -2.51. The number of nitrogens with zero attached hydrogens (tertiary/aromatic N) is 1. The molecule has 4 heteroatoms. The predicted octanol–water partition coefficient (Wildman–Crippen LogP) is 2.35. The van der Waals surface area contributed by atoms with Crippen molar-refractivity contribution >= 4 is 11.8 Å². The second kappa shape index (κ2) is 6.63. The molecule has 0 spiro atoms. The van der Waals surface area contributed by atoms with Gasteiger partial charge in [-0.15, -0.1) is 0 Å². The minimum atomic E-state index is -0.393. The second-order valence-corrected chi connectivity index (χ2v) is 7.01. The summed E-state index contributed by atoms with van der Waals surface area (Å²) in [5.74, 6) is 1.51. The van der Waals surface area contributed by atoms with Crippen LogP contribution < -0.4 is 5.32 Å². The number of carbonyl (C=O) groups excluding carboxylic acids is 2. The number of likely N-dealkylation sites (N-methyl/N-ethyl adjacent to an activating group) is 1. The maximum Gasteiger partial charge on any atom is 0.246 e. The molecule has 2 aliphatic rings. The molecule has 0 radical (unpaired) electrons. The summed E-state index contributed by atoms with van der Waals surface area (Å²) < 4.78 is 0. The van der Waals surface area contributed by atoms with E-state index in [1.165, 1.54) is 36.7 Å². The average molecular weight is 292 g/mol. The summed E-state index contributed by atoms with van der Waals surface area (Å²) in [6, 6.07) is -0.0603. The summed E-state index contributed by atoms with van der Waals surface area (Å²) in [5, 5.41) is 3.24. The fourth-order valence-corrected chi connectivity index (χ4v) is 2.98. The summed E-state index contributed by atoms with van der Waals surface area (Å²) in [4.78, 5) is 26.0. The average Bonchev–Trinajstić information content (AvgIpc) is 3.31. The molecule has 0 aromatic rings. The van der Waals surface area contributed by atoms with Crippen LogP contribution in [0.1, 0.15) is 46.0 Å². The summed E-state index contributed by atoms with van der Waals surface area (Å²) >= 11 is 0. The van der Waals surface area contributed by atoms with Crippen molar-refractivity contribution in [3.63, 3.8) is 0 Å². The van der Waals surface area contributed by atoms with E-state index in [4.69, 9.17) is 0 Å². The lowest BCUT2D eigenvalue weighted by atomic mass is 10.00. The Morgan fingerprint density at radius 3 is 2.14 bits per heavy atom. The molecule has 21 heavy (non-hydrogen) atoms. The molecule has 0 heterocycles. The molecule has 1 atom stereocenters. The molecule has 0 unspecified atom stereocenters. The molecule has 0 aromatic heterocycles. The highest BCUT2D eigenvalue weighted by molar-refractivity contribution is 5.92. The Morgan fingerprint density at radius 2 is 1.76 bits per heavy atom. The van der Waals surface area contributed by atoms with E-state index in [0.717, 1.165) is 0 Å². The third-order valence-electron chi connectivity index (χ3n) is 4.56. The first-order valence-corrected chi connectivity index (χ1v) is 8.13. The van der Waals surface area contributed by atoms with Gasteiger partial charge in [-0.1, -0.05) is 20.4 Å². The van der Waals surface area contributed by atoms with Crippen molar-refractivity contribution in [3.8, 4) is 0 Å². The van der Waals surface area contributed by atoms with Gasteiger partial charge in [-0.3, -0.25) is 9.59 Å². The van der Waals surface area contributed by atoms with E-state index in [9.17, 15) is 9.59 Å². The lowest BCUT2D eigenvalue weighted by molar-refractivity contribution is -0.136. The van der Waals surface area contributed by atoms with Gasteiger partial charge in [0.05, 0.1) is 0 Å². The van der Waals surface area contributed by atoms with Gasteiger partial charge in [0.25, 0.3) is 0 Å². The number of hydrogen-bond donors (Lipinski definition) is 1. The minimum absolute atomic E-state index is 0.00481. The van der Waals surface area contributed by atoms with E-state index in [0.29, 0.717) is 30.2 Å². The summed E-state index contributed by atoms with van der Waals surface area (Å²) in [6.07, 6.45) is 6.90. The highest BCUT2D eigenvalue weighted by Crippen LogP contribution is 2.44. The normalized spacial score (nSPS) is 19.5. The van der Waals surface area contributed by atoms with Crippen LogP contribution in [0, 0.1) is 17.8 Å². The van der Waals surface area contributed by atoms with Crippen LogP contribution in [0.4, 0.5) is 0 Å². The molecule has 2 fully saturated rings. The van der Waals surface area contributed by atoms with Gasteiger partial charge in [0.1, 0.15) is 6.04 Å². The van der Waals surface area contributed by atoms with E-state index >= 15 is 0 Å². The van der Waals surface area contributed by atoms with Crippen molar-refractivity contribution in [1.29, 1.82) is 0 Å². The number of carbonyl (C=O) groups is 2. The van der Waals surface area contributed by atoms with Crippen LogP contribution in [-0.4, -0.2) is 35.8 Å². The highest BCUT2D eigenvalue weighted by atomic mass is 16.2. The molecule has 1 N–H and O–H groups in total. The SMILES string of the molecule is C=CC(=O)N(C)[C@@H](CC(C)C)C(=O)NC(C1CC1)C1CC1. The second-order valence-electron chi connectivity index (χ2n) is 7.01.